The van der Waals surface area contributed by atoms with E-state index < -0.39 is 0 Å². The van der Waals surface area contributed by atoms with Gasteiger partial charge in [0.05, 0.1) is 6.61 Å². The van der Waals surface area contributed by atoms with Crippen molar-refractivity contribution in [2.75, 3.05) is 6.61 Å². The summed E-state index contributed by atoms with van der Waals surface area (Å²) in [5.41, 5.74) is 6.90. The van der Waals surface area contributed by atoms with E-state index in [4.69, 9.17) is 4.74 Å². The van der Waals surface area contributed by atoms with Gasteiger partial charge >= 0.3 is 0 Å². The molecule has 2 nitrogen and oxygen atoms in total. The van der Waals surface area contributed by atoms with Crippen LogP contribution >= 0.6 is 8.58 Å². The molecule has 2 aromatic carbocycles. The quantitative estimate of drug-likeness (QED) is 0.476. The van der Waals surface area contributed by atoms with Crippen LogP contribution in [0.4, 0.5) is 0 Å². The van der Waals surface area contributed by atoms with Crippen molar-refractivity contribution < 1.29 is 9.53 Å². The summed E-state index contributed by atoms with van der Waals surface area (Å²) in [6, 6.07) is 8.21. The molecule has 0 saturated carbocycles. The smallest absolute Gasteiger partial charge is 0.186 e. The number of carbonyl (C=O) groups excluding carboxylic acids is 1. The third-order valence-corrected chi connectivity index (χ3v) is 6.30. The minimum absolute atomic E-state index is 0. The number of carbonyl (C=O) groups is 1. The predicted octanol–water partition coefficient (Wildman–Crippen LogP) is 5.42. The third-order valence-electron chi connectivity index (χ3n) is 4.99. The van der Waals surface area contributed by atoms with Crippen molar-refractivity contribution in [2.45, 2.75) is 54.9 Å². The summed E-state index contributed by atoms with van der Waals surface area (Å²) in [6.45, 7) is 15.5. The Bertz CT molecular complexity index is 813. The Morgan fingerprint density at radius 1 is 0.963 bits per heavy atom. The molecule has 0 heterocycles. The number of ether oxygens (including phenoxy) is 1. The summed E-state index contributed by atoms with van der Waals surface area (Å²) in [5.74, 6) is 1.53. The molecule has 0 N–H and O–H groups in total. The number of hydrogen-bond donors (Lipinski definition) is 0. The molecule has 141 valence electrons. The van der Waals surface area contributed by atoms with Gasteiger partial charge in [-0.3, -0.25) is 4.79 Å². The van der Waals surface area contributed by atoms with E-state index in [-0.39, 0.29) is 33.0 Å². The Balaban J connectivity index is 0.00000364. The zero-order valence-corrected chi connectivity index (χ0v) is 19.1. The SMILES string of the molecule is Cc1cc(OCCC(C)C)ccc1PC(=O)c1c(C)cc(C)c(C)c1C.[Li]. The van der Waals surface area contributed by atoms with Crippen molar-refractivity contribution >= 4 is 38.3 Å². The maximum absolute atomic E-state index is 13.0. The van der Waals surface area contributed by atoms with Crippen LogP contribution in [0.5, 0.6) is 5.75 Å². The second kappa shape index (κ2) is 10.5. The largest absolute Gasteiger partial charge is 0.494 e. The van der Waals surface area contributed by atoms with Gasteiger partial charge in [0.1, 0.15) is 5.75 Å². The Morgan fingerprint density at radius 2 is 1.63 bits per heavy atom. The fourth-order valence-corrected chi connectivity index (χ4v) is 4.29. The molecule has 4 heteroatoms. The topological polar surface area (TPSA) is 26.3 Å². The van der Waals surface area contributed by atoms with Crippen molar-refractivity contribution in [1.82, 2.24) is 0 Å². The second-order valence-electron chi connectivity index (χ2n) is 7.60. The summed E-state index contributed by atoms with van der Waals surface area (Å²) >= 11 is 0. The molecular weight excluding hydrogens is 346 g/mol. The fourth-order valence-electron chi connectivity index (χ4n) is 3.10. The minimum Gasteiger partial charge on any atom is -0.494 e. The van der Waals surface area contributed by atoms with Crippen LogP contribution in [-0.2, 0) is 0 Å². The monoisotopic (exact) mass is 377 g/mol. The molecule has 0 aliphatic heterocycles. The molecule has 0 aromatic heterocycles. The van der Waals surface area contributed by atoms with Gasteiger partial charge in [-0.15, -0.1) is 0 Å². The summed E-state index contributed by atoms with van der Waals surface area (Å²) < 4.78 is 5.83. The number of hydrogen-bond acceptors (Lipinski definition) is 2. The average Bonchev–Trinajstić information content (AvgIpc) is 2.55. The van der Waals surface area contributed by atoms with Crippen molar-refractivity contribution in [3.8, 4) is 5.75 Å². The average molecular weight is 377 g/mol. The molecule has 0 fully saturated rings. The first-order valence-corrected chi connectivity index (χ1v) is 10.3. The van der Waals surface area contributed by atoms with E-state index in [1.54, 1.807) is 0 Å². The number of benzene rings is 2. The van der Waals surface area contributed by atoms with E-state index in [1.165, 1.54) is 11.1 Å². The fraction of sp³-hybridized carbons (Fsp3) is 0.435. The molecule has 0 saturated heterocycles. The zero-order chi connectivity index (χ0) is 19.4. The molecule has 27 heavy (non-hydrogen) atoms. The summed E-state index contributed by atoms with van der Waals surface area (Å²) in [6.07, 6.45) is 1.05. The normalized spacial score (nSPS) is 11.1. The van der Waals surface area contributed by atoms with Crippen LogP contribution in [0.25, 0.3) is 0 Å². The van der Waals surface area contributed by atoms with Gasteiger partial charge in [0, 0.05) is 24.4 Å². The van der Waals surface area contributed by atoms with Crippen LogP contribution in [0.2, 0.25) is 0 Å². The number of aryl methyl sites for hydroxylation is 3. The molecule has 0 amide bonds. The van der Waals surface area contributed by atoms with E-state index in [2.05, 4.69) is 53.7 Å². The molecular formula is C23H31LiO2P. The molecule has 1 unspecified atom stereocenters. The van der Waals surface area contributed by atoms with Crippen LogP contribution in [0.15, 0.2) is 24.3 Å². The molecule has 2 aromatic rings. The molecule has 1 atom stereocenters. The summed E-state index contributed by atoms with van der Waals surface area (Å²) in [5, 5.41) is 1.10. The van der Waals surface area contributed by atoms with E-state index in [9.17, 15) is 4.79 Å². The van der Waals surface area contributed by atoms with Gasteiger partial charge in [0.2, 0.25) is 0 Å². The Morgan fingerprint density at radius 3 is 2.22 bits per heavy atom. The molecule has 2 rings (SSSR count). The predicted molar refractivity (Wildman–Crippen MR) is 120 cm³/mol. The number of rotatable bonds is 7. The Labute approximate surface area is 178 Å². The molecule has 0 aliphatic carbocycles. The Hall–Kier alpha value is -1.06. The van der Waals surface area contributed by atoms with E-state index >= 15 is 0 Å². The third kappa shape index (κ3) is 6.22. The molecule has 0 spiro atoms. The molecule has 0 bridgehead atoms. The van der Waals surface area contributed by atoms with Crippen LogP contribution in [0.3, 0.4) is 0 Å². The van der Waals surface area contributed by atoms with Gasteiger partial charge in [-0.2, -0.15) is 0 Å². The minimum atomic E-state index is 0. The van der Waals surface area contributed by atoms with E-state index in [0.717, 1.165) is 46.3 Å². The maximum Gasteiger partial charge on any atom is 0.186 e. The maximum atomic E-state index is 13.0. The van der Waals surface area contributed by atoms with Crippen LogP contribution in [-0.4, -0.2) is 31.0 Å². The zero-order valence-electron chi connectivity index (χ0n) is 18.1. The first-order valence-electron chi connectivity index (χ1n) is 9.33. The van der Waals surface area contributed by atoms with Crippen LogP contribution in [0, 0.1) is 40.5 Å². The van der Waals surface area contributed by atoms with Crippen LogP contribution < -0.4 is 10.0 Å². The Kier molecular flexibility index (Phi) is 9.30. The van der Waals surface area contributed by atoms with Gasteiger partial charge in [-0.25, -0.2) is 0 Å². The summed E-state index contributed by atoms with van der Waals surface area (Å²) in [4.78, 5) is 13.0. The van der Waals surface area contributed by atoms with Crippen molar-refractivity contribution in [3.63, 3.8) is 0 Å². The van der Waals surface area contributed by atoms with Crippen molar-refractivity contribution in [3.05, 3.63) is 57.6 Å². The second-order valence-corrected chi connectivity index (χ2v) is 8.84. The van der Waals surface area contributed by atoms with Crippen molar-refractivity contribution in [1.29, 1.82) is 0 Å². The van der Waals surface area contributed by atoms with Crippen LogP contribution in [0.1, 0.15) is 58.4 Å². The van der Waals surface area contributed by atoms with E-state index in [1.807, 2.05) is 19.1 Å². The van der Waals surface area contributed by atoms with Gasteiger partial charge in [-0.05, 0) is 101 Å². The molecule has 0 aliphatic rings. The van der Waals surface area contributed by atoms with Gasteiger partial charge in [-0.1, -0.05) is 26.0 Å². The van der Waals surface area contributed by atoms with Gasteiger partial charge in [0.15, 0.2) is 5.52 Å². The standard InChI is InChI=1S/C23H31O2P.Li/c1-14(2)10-11-25-20-8-9-21(16(4)13-20)26-23(24)22-17(5)12-15(3)18(6)19(22)7;/h8-9,12-14,26H,10-11H2,1-7H3;. The van der Waals surface area contributed by atoms with Gasteiger partial charge in [0.25, 0.3) is 0 Å². The molecule has 1 radical (unpaired) electrons. The van der Waals surface area contributed by atoms with Gasteiger partial charge < -0.3 is 4.74 Å². The summed E-state index contributed by atoms with van der Waals surface area (Å²) in [7, 11) is 0.141. The first-order chi connectivity index (χ1) is 12.2. The first kappa shape index (κ1) is 24.0. The van der Waals surface area contributed by atoms with E-state index in [0.29, 0.717) is 5.92 Å². The van der Waals surface area contributed by atoms with Crippen molar-refractivity contribution in [2.24, 2.45) is 5.92 Å².